The molecule has 0 aromatic heterocycles. The number of hydrogen-bond donors (Lipinski definition) is 1. The van der Waals surface area contributed by atoms with Crippen molar-refractivity contribution in [3.63, 3.8) is 0 Å². The number of ketones is 2. The highest BCUT2D eigenvalue weighted by Gasteiger charge is 2.21. The van der Waals surface area contributed by atoms with E-state index in [0.717, 1.165) is 0 Å². The maximum Gasteiger partial charge on any atom is 0.339 e. The largest absolute Gasteiger partial charge is 0.452 e. The smallest absolute Gasteiger partial charge is 0.339 e. The third-order valence-electron chi connectivity index (χ3n) is 5.30. The van der Waals surface area contributed by atoms with Gasteiger partial charge in [0.1, 0.15) is 0 Å². The zero-order valence-electron chi connectivity index (χ0n) is 18.9. The number of halogens is 1. The van der Waals surface area contributed by atoms with E-state index >= 15 is 0 Å². The van der Waals surface area contributed by atoms with Crippen molar-refractivity contribution < 1.29 is 23.9 Å². The first-order valence-corrected chi connectivity index (χ1v) is 11.4. The second-order valence-corrected chi connectivity index (χ2v) is 8.19. The van der Waals surface area contributed by atoms with Crippen LogP contribution in [-0.4, -0.2) is 30.0 Å². The number of nitrogens with one attached hydrogen (secondary N) is 1. The van der Waals surface area contributed by atoms with E-state index in [1.54, 1.807) is 72.8 Å². The molecule has 6 nitrogen and oxygen atoms in total. The Balaban J connectivity index is 1.46. The third-order valence-corrected chi connectivity index (χ3v) is 5.53. The first kappa shape index (κ1) is 24.6. The van der Waals surface area contributed by atoms with Gasteiger partial charge in [-0.2, -0.15) is 0 Å². The molecule has 0 saturated carbocycles. The molecule has 0 bridgehead atoms. The monoisotopic (exact) mass is 497 g/mol. The summed E-state index contributed by atoms with van der Waals surface area (Å²) in [6, 6.07) is 27.9. The summed E-state index contributed by atoms with van der Waals surface area (Å²) in [5, 5.41) is 2.93. The molecule has 0 aliphatic carbocycles. The molecule has 36 heavy (non-hydrogen) atoms. The van der Waals surface area contributed by atoms with Gasteiger partial charge in [-0.1, -0.05) is 90.5 Å². The van der Waals surface area contributed by atoms with Crippen LogP contribution in [0.4, 0.5) is 5.69 Å². The maximum atomic E-state index is 12.9. The average molecular weight is 498 g/mol. The summed E-state index contributed by atoms with van der Waals surface area (Å²) < 4.78 is 5.18. The average Bonchev–Trinajstić information content (AvgIpc) is 2.93. The van der Waals surface area contributed by atoms with Gasteiger partial charge in [-0.25, -0.2) is 4.79 Å². The quantitative estimate of drug-likeness (QED) is 0.253. The summed E-state index contributed by atoms with van der Waals surface area (Å²) >= 11 is 6.08. The number of anilines is 1. The van der Waals surface area contributed by atoms with Gasteiger partial charge in [-0.3, -0.25) is 14.4 Å². The Morgan fingerprint density at radius 1 is 0.639 bits per heavy atom. The third kappa shape index (κ3) is 5.74. The minimum absolute atomic E-state index is 0.0468. The van der Waals surface area contributed by atoms with Gasteiger partial charge in [0.2, 0.25) is 0 Å². The number of rotatable bonds is 8. The fraction of sp³-hybridized carbons (Fsp3) is 0.0345. The summed E-state index contributed by atoms with van der Waals surface area (Å²) in [5.41, 5.74) is 1.50. The fourth-order valence-electron chi connectivity index (χ4n) is 3.56. The molecule has 0 spiro atoms. The predicted molar refractivity (Wildman–Crippen MR) is 137 cm³/mol. The molecule has 178 valence electrons. The Morgan fingerprint density at radius 2 is 1.17 bits per heavy atom. The Bertz CT molecular complexity index is 1430. The normalized spacial score (nSPS) is 10.4. The van der Waals surface area contributed by atoms with Crippen molar-refractivity contribution >= 4 is 40.7 Å². The standard InChI is InChI=1S/C29H20ClNO5/c30-21-15-16-25(24(17-21)28(34)20-11-5-2-6-12-20)31-26(32)18-36-29(35)23-14-8-7-13-22(23)27(33)19-9-3-1-4-10-19/h1-17H,18H2,(H,31,32). The molecular weight excluding hydrogens is 478 g/mol. The molecule has 0 fully saturated rings. The second-order valence-electron chi connectivity index (χ2n) is 7.75. The Hall–Kier alpha value is -4.55. The molecule has 0 atom stereocenters. The van der Waals surface area contributed by atoms with Crippen molar-refractivity contribution in [1.29, 1.82) is 0 Å². The molecular formula is C29H20ClNO5. The molecule has 0 radical (unpaired) electrons. The summed E-state index contributed by atoms with van der Waals surface area (Å²) in [6.07, 6.45) is 0. The van der Waals surface area contributed by atoms with Crippen molar-refractivity contribution in [2.45, 2.75) is 0 Å². The highest BCUT2D eigenvalue weighted by molar-refractivity contribution is 6.31. The summed E-state index contributed by atoms with van der Waals surface area (Å²) in [6.45, 7) is -0.617. The molecule has 4 aromatic rings. The lowest BCUT2D eigenvalue weighted by Gasteiger charge is -2.12. The van der Waals surface area contributed by atoms with Gasteiger partial charge in [0.15, 0.2) is 18.2 Å². The van der Waals surface area contributed by atoms with Crippen LogP contribution in [-0.2, 0) is 9.53 Å². The van der Waals surface area contributed by atoms with Gasteiger partial charge in [0, 0.05) is 27.3 Å². The van der Waals surface area contributed by atoms with E-state index in [0.29, 0.717) is 16.1 Å². The van der Waals surface area contributed by atoms with Crippen LogP contribution in [0.1, 0.15) is 42.2 Å². The van der Waals surface area contributed by atoms with Crippen LogP contribution in [0.25, 0.3) is 0 Å². The van der Waals surface area contributed by atoms with E-state index in [2.05, 4.69) is 5.32 Å². The second kappa shape index (κ2) is 11.3. The van der Waals surface area contributed by atoms with E-state index in [4.69, 9.17) is 16.3 Å². The van der Waals surface area contributed by atoms with Gasteiger partial charge in [-0.05, 0) is 24.3 Å². The Labute approximate surface area is 212 Å². The van der Waals surface area contributed by atoms with Gasteiger partial charge in [0.05, 0.1) is 11.3 Å². The number of amides is 1. The summed E-state index contributed by atoms with van der Waals surface area (Å²) in [5.74, 6) is -2.13. The number of carbonyl (C=O) groups is 4. The van der Waals surface area contributed by atoms with E-state index in [1.165, 1.54) is 30.3 Å². The highest BCUT2D eigenvalue weighted by Crippen LogP contribution is 2.24. The van der Waals surface area contributed by atoms with Crippen molar-refractivity contribution in [3.8, 4) is 0 Å². The van der Waals surface area contributed by atoms with Crippen molar-refractivity contribution in [3.05, 3.63) is 136 Å². The first-order chi connectivity index (χ1) is 17.4. The van der Waals surface area contributed by atoms with E-state index in [-0.39, 0.29) is 33.9 Å². The molecule has 1 amide bonds. The van der Waals surface area contributed by atoms with Gasteiger partial charge < -0.3 is 10.1 Å². The minimum Gasteiger partial charge on any atom is -0.452 e. The molecule has 0 saturated heterocycles. The lowest BCUT2D eigenvalue weighted by atomic mass is 9.98. The van der Waals surface area contributed by atoms with Crippen molar-refractivity contribution in [2.75, 3.05) is 11.9 Å². The molecule has 0 heterocycles. The predicted octanol–water partition coefficient (Wildman–Crippen LogP) is 5.60. The van der Waals surface area contributed by atoms with Gasteiger partial charge in [-0.15, -0.1) is 0 Å². The zero-order valence-corrected chi connectivity index (χ0v) is 19.7. The highest BCUT2D eigenvalue weighted by atomic mass is 35.5. The SMILES string of the molecule is O=C(COC(=O)c1ccccc1C(=O)c1ccccc1)Nc1ccc(Cl)cc1C(=O)c1ccccc1. The van der Waals surface area contributed by atoms with E-state index in [1.807, 2.05) is 0 Å². The van der Waals surface area contributed by atoms with E-state index in [9.17, 15) is 19.2 Å². The lowest BCUT2D eigenvalue weighted by Crippen LogP contribution is -2.23. The van der Waals surface area contributed by atoms with Gasteiger partial charge >= 0.3 is 5.97 Å². The van der Waals surface area contributed by atoms with Crippen LogP contribution in [0.3, 0.4) is 0 Å². The summed E-state index contributed by atoms with van der Waals surface area (Å²) in [4.78, 5) is 51.1. The van der Waals surface area contributed by atoms with Crippen LogP contribution in [0.5, 0.6) is 0 Å². The molecule has 0 aliphatic rings. The number of benzene rings is 4. The molecule has 4 rings (SSSR count). The van der Waals surface area contributed by atoms with Crippen LogP contribution < -0.4 is 5.32 Å². The molecule has 0 unspecified atom stereocenters. The number of hydrogen-bond acceptors (Lipinski definition) is 5. The minimum atomic E-state index is -0.818. The Morgan fingerprint density at radius 3 is 1.78 bits per heavy atom. The van der Waals surface area contributed by atoms with Crippen LogP contribution in [0.2, 0.25) is 5.02 Å². The Kier molecular flexibility index (Phi) is 7.68. The topological polar surface area (TPSA) is 89.5 Å². The van der Waals surface area contributed by atoms with Gasteiger partial charge in [0.25, 0.3) is 5.91 Å². The van der Waals surface area contributed by atoms with Crippen LogP contribution >= 0.6 is 11.6 Å². The molecule has 4 aromatic carbocycles. The zero-order chi connectivity index (χ0) is 25.5. The van der Waals surface area contributed by atoms with Crippen molar-refractivity contribution in [2.24, 2.45) is 0 Å². The van der Waals surface area contributed by atoms with E-state index < -0.39 is 18.5 Å². The lowest BCUT2D eigenvalue weighted by molar-refractivity contribution is -0.119. The van der Waals surface area contributed by atoms with Crippen LogP contribution in [0, 0.1) is 0 Å². The number of carbonyl (C=O) groups excluding carboxylic acids is 4. The van der Waals surface area contributed by atoms with Crippen molar-refractivity contribution in [1.82, 2.24) is 0 Å². The summed E-state index contributed by atoms with van der Waals surface area (Å²) in [7, 11) is 0. The number of ether oxygens (including phenoxy) is 1. The molecule has 7 heteroatoms. The molecule has 1 N–H and O–H groups in total. The first-order valence-electron chi connectivity index (χ1n) is 11.0. The van der Waals surface area contributed by atoms with Crippen LogP contribution in [0.15, 0.2) is 103 Å². The maximum absolute atomic E-state index is 12.9. The molecule has 0 aliphatic heterocycles. The fourth-order valence-corrected chi connectivity index (χ4v) is 3.73. The number of esters is 1.